The van der Waals surface area contributed by atoms with E-state index >= 15 is 0 Å². The maximum atomic E-state index is 11.5. The number of urea groups is 1. The number of carbonyl (C=O) groups excluding carboxylic acids is 2. The van der Waals surface area contributed by atoms with Crippen molar-refractivity contribution in [2.45, 2.75) is 25.3 Å². The lowest BCUT2D eigenvalue weighted by atomic mass is 9.90. The SMILES string of the molecule is COC(=O)C1CCC2CCNC(=O)N2C1. The number of nitrogens with one attached hydrogen (secondary N) is 1. The van der Waals surface area contributed by atoms with E-state index in [2.05, 4.69) is 5.32 Å². The number of methoxy groups -OCH3 is 1. The van der Waals surface area contributed by atoms with Crippen molar-refractivity contribution < 1.29 is 14.3 Å². The van der Waals surface area contributed by atoms with Gasteiger partial charge in [-0.25, -0.2) is 4.79 Å². The Hall–Kier alpha value is -1.26. The summed E-state index contributed by atoms with van der Waals surface area (Å²) < 4.78 is 4.71. The Kier molecular flexibility index (Phi) is 2.79. The molecule has 0 aromatic carbocycles. The van der Waals surface area contributed by atoms with E-state index in [-0.39, 0.29) is 17.9 Å². The molecule has 5 nitrogen and oxygen atoms in total. The summed E-state index contributed by atoms with van der Waals surface area (Å²) in [6.45, 7) is 1.26. The minimum Gasteiger partial charge on any atom is -0.469 e. The van der Waals surface area contributed by atoms with Gasteiger partial charge in [-0.1, -0.05) is 0 Å². The number of hydrogen-bond acceptors (Lipinski definition) is 3. The maximum absolute atomic E-state index is 11.5. The molecule has 2 heterocycles. The van der Waals surface area contributed by atoms with Crippen molar-refractivity contribution in [3.63, 3.8) is 0 Å². The van der Waals surface area contributed by atoms with Gasteiger partial charge in [0.05, 0.1) is 13.0 Å². The number of piperidine rings is 1. The van der Waals surface area contributed by atoms with Crippen LogP contribution in [0.5, 0.6) is 0 Å². The lowest BCUT2D eigenvalue weighted by molar-refractivity contribution is -0.147. The predicted molar refractivity (Wildman–Crippen MR) is 53.2 cm³/mol. The van der Waals surface area contributed by atoms with Gasteiger partial charge in [-0.2, -0.15) is 0 Å². The van der Waals surface area contributed by atoms with Gasteiger partial charge in [-0.3, -0.25) is 4.79 Å². The Balaban J connectivity index is 2.02. The van der Waals surface area contributed by atoms with E-state index in [9.17, 15) is 9.59 Å². The van der Waals surface area contributed by atoms with Crippen LogP contribution in [0.1, 0.15) is 19.3 Å². The monoisotopic (exact) mass is 212 g/mol. The number of ether oxygens (including phenoxy) is 1. The number of amides is 2. The largest absolute Gasteiger partial charge is 0.469 e. The topological polar surface area (TPSA) is 58.6 Å². The number of nitrogens with zero attached hydrogens (tertiary/aromatic N) is 1. The molecule has 2 aliphatic heterocycles. The molecular weight excluding hydrogens is 196 g/mol. The zero-order valence-electron chi connectivity index (χ0n) is 8.86. The van der Waals surface area contributed by atoms with Gasteiger partial charge in [-0.05, 0) is 19.3 Å². The predicted octanol–water partition coefficient (Wildman–Crippen LogP) is 0.353. The van der Waals surface area contributed by atoms with Crippen LogP contribution >= 0.6 is 0 Å². The average Bonchev–Trinajstić information content (AvgIpc) is 2.28. The van der Waals surface area contributed by atoms with Crippen LogP contribution < -0.4 is 5.32 Å². The number of hydrogen-bond donors (Lipinski definition) is 1. The van der Waals surface area contributed by atoms with Crippen molar-refractivity contribution in [3.8, 4) is 0 Å². The van der Waals surface area contributed by atoms with Crippen LogP contribution in [0.2, 0.25) is 0 Å². The molecule has 15 heavy (non-hydrogen) atoms. The Bertz CT molecular complexity index is 280. The summed E-state index contributed by atoms with van der Waals surface area (Å²) in [6, 6.07) is 0.277. The molecule has 0 aromatic rings. The molecule has 0 spiro atoms. The number of carbonyl (C=O) groups is 2. The second kappa shape index (κ2) is 4.08. The fraction of sp³-hybridized carbons (Fsp3) is 0.800. The van der Waals surface area contributed by atoms with Crippen LogP contribution in [0.4, 0.5) is 4.79 Å². The molecule has 84 valence electrons. The third-order valence-corrected chi connectivity index (χ3v) is 3.26. The van der Waals surface area contributed by atoms with Gasteiger partial charge in [0.15, 0.2) is 0 Å². The smallest absolute Gasteiger partial charge is 0.317 e. The Morgan fingerprint density at radius 3 is 3.00 bits per heavy atom. The molecule has 0 aliphatic carbocycles. The van der Waals surface area contributed by atoms with Gasteiger partial charge >= 0.3 is 12.0 Å². The molecule has 2 saturated heterocycles. The van der Waals surface area contributed by atoms with E-state index in [1.54, 1.807) is 4.90 Å². The van der Waals surface area contributed by atoms with Crippen LogP contribution in [0, 0.1) is 5.92 Å². The van der Waals surface area contributed by atoms with Gasteiger partial charge in [0.2, 0.25) is 0 Å². The van der Waals surface area contributed by atoms with E-state index in [4.69, 9.17) is 4.74 Å². The summed E-state index contributed by atoms with van der Waals surface area (Å²) in [5.74, 6) is -0.345. The molecule has 0 saturated carbocycles. The van der Waals surface area contributed by atoms with Crippen molar-refractivity contribution >= 4 is 12.0 Å². The van der Waals surface area contributed by atoms with Crippen LogP contribution in [0.3, 0.4) is 0 Å². The highest BCUT2D eigenvalue weighted by molar-refractivity contribution is 5.78. The molecule has 5 heteroatoms. The van der Waals surface area contributed by atoms with Gasteiger partial charge < -0.3 is 15.0 Å². The zero-order valence-corrected chi connectivity index (χ0v) is 8.86. The van der Waals surface area contributed by atoms with Gasteiger partial charge in [0.25, 0.3) is 0 Å². The highest BCUT2D eigenvalue weighted by atomic mass is 16.5. The summed E-state index contributed by atoms with van der Waals surface area (Å²) in [6.07, 6.45) is 2.73. The zero-order chi connectivity index (χ0) is 10.8. The maximum Gasteiger partial charge on any atom is 0.317 e. The van der Waals surface area contributed by atoms with Crippen LogP contribution in [0.15, 0.2) is 0 Å². The molecule has 1 N–H and O–H groups in total. The molecule has 2 fully saturated rings. The first-order valence-corrected chi connectivity index (χ1v) is 5.34. The Morgan fingerprint density at radius 2 is 2.27 bits per heavy atom. The van der Waals surface area contributed by atoms with Crippen LogP contribution in [-0.4, -0.2) is 43.1 Å². The van der Waals surface area contributed by atoms with Crippen LogP contribution in [0.25, 0.3) is 0 Å². The summed E-state index contributed by atoms with van der Waals surface area (Å²) in [5.41, 5.74) is 0. The molecule has 2 rings (SSSR count). The van der Waals surface area contributed by atoms with Gasteiger partial charge in [0.1, 0.15) is 0 Å². The first-order valence-electron chi connectivity index (χ1n) is 5.34. The quantitative estimate of drug-likeness (QED) is 0.638. The van der Waals surface area contributed by atoms with Gasteiger partial charge in [0, 0.05) is 19.1 Å². The average molecular weight is 212 g/mol. The van der Waals surface area contributed by atoms with Crippen molar-refractivity contribution in [2.75, 3.05) is 20.2 Å². The van der Waals surface area contributed by atoms with Crippen molar-refractivity contribution in [3.05, 3.63) is 0 Å². The lowest BCUT2D eigenvalue weighted by Gasteiger charge is -2.41. The summed E-state index contributed by atoms with van der Waals surface area (Å²) in [5, 5.41) is 2.79. The van der Waals surface area contributed by atoms with Crippen molar-refractivity contribution in [1.82, 2.24) is 10.2 Å². The van der Waals surface area contributed by atoms with E-state index in [1.807, 2.05) is 0 Å². The standard InChI is InChI=1S/C10H16N2O3/c1-15-9(13)7-2-3-8-4-5-11-10(14)12(8)6-7/h7-8H,2-6H2,1H3,(H,11,14). The molecule has 2 aliphatic rings. The van der Waals surface area contributed by atoms with E-state index in [1.165, 1.54) is 7.11 Å². The molecule has 0 aromatic heterocycles. The second-order valence-corrected chi connectivity index (χ2v) is 4.12. The summed E-state index contributed by atoms with van der Waals surface area (Å²) in [7, 11) is 1.39. The van der Waals surface area contributed by atoms with Crippen molar-refractivity contribution in [2.24, 2.45) is 5.92 Å². The fourth-order valence-electron chi connectivity index (χ4n) is 2.38. The molecule has 0 bridgehead atoms. The minimum atomic E-state index is -0.202. The second-order valence-electron chi connectivity index (χ2n) is 4.12. The normalized spacial score (nSPS) is 30.5. The molecule has 2 unspecified atom stereocenters. The third-order valence-electron chi connectivity index (χ3n) is 3.26. The Morgan fingerprint density at radius 1 is 1.47 bits per heavy atom. The minimum absolute atomic E-state index is 0.0418. The first-order chi connectivity index (χ1) is 7.22. The Labute approximate surface area is 88.8 Å². The van der Waals surface area contributed by atoms with E-state index < -0.39 is 0 Å². The van der Waals surface area contributed by atoms with Crippen LogP contribution in [-0.2, 0) is 9.53 Å². The van der Waals surface area contributed by atoms with E-state index in [0.29, 0.717) is 12.6 Å². The van der Waals surface area contributed by atoms with E-state index in [0.717, 1.165) is 25.8 Å². The number of fused-ring (bicyclic) bond motifs is 1. The highest BCUT2D eigenvalue weighted by Gasteiger charge is 2.36. The summed E-state index contributed by atoms with van der Waals surface area (Å²) >= 11 is 0. The number of esters is 1. The lowest BCUT2D eigenvalue weighted by Crippen LogP contribution is -2.56. The molecule has 0 radical (unpaired) electrons. The highest BCUT2D eigenvalue weighted by Crippen LogP contribution is 2.26. The van der Waals surface area contributed by atoms with Gasteiger partial charge in [-0.15, -0.1) is 0 Å². The molecular formula is C10H16N2O3. The number of rotatable bonds is 1. The van der Waals surface area contributed by atoms with Crippen molar-refractivity contribution in [1.29, 1.82) is 0 Å². The third kappa shape index (κ3) is 1.91. The molecule has 2 atom stereocenters. The summed E-state index contributed by atoms with van der Waals surface area (Å²) in [4.78, 5) is 24.7. The fourth-order valence-corrected chi connectivity index (χ4v) is 2.38. The first kappa shape index (κ1) is 10.3. The molecule has 2 amide bonds.